The number of hydrogen-bond acceptors (Lipinski definition) is 4. The van der Waals surface area contributed by atoms with Crippen molar-refractivity contribution in [2.45, 2.75) is 93.3 Å². The van der Waals surface area contributed by atoms with E-state index in [1.54, 1.807) is 0 Å². The van der Waals surface area contributed by atoms with Crippen LogP contribution in [0.3, 0.4) is 0 Å². The molecule has 182 valence electrons. The summed E-state index contributed by atoms with van der Waals surface area (Å²) in [7, 11) is 0. The number of phenolic OH excluding ortho intramolecular Hbond substituents is 2. The summed E-state index contributed by atoms with van der Waals surface area (Å²) in [6.45, 7) is 24.1. The Labute approximate surface area is 201 Å². The van der Waals surface area contributed by atoms with Crippen molar-refractivity contribution in [2.24, 2.45) is 0 Å². The average Bonchev–Trinajstić information content (AvgIpc) is 2.74. The van der Waals surface area contributed by atoms with Crippen molar-refractivity contribution in [3.8, 4) is 11.5 Å². The Morgan fingerprint density at radius 3 is 1.67 bits per heavy atom. The second-order valence-electron chi connectivity index (χ2n) is 10.8. The van der Waals surface area contributed by atoms with E-state index in [-0.39, 0.29) is 0 Å². The molecule has 2 N–H and O–H groups in total. The van der Waals surface area contributed by atoms with Gasteiger partial charge in [-0.3, -0.25) is 9.80 Å². The van der Waals surface area contributed by atoms with Gasteiger partial charge in [-0.2, -0.15) is 0 Å². The van der Waals surface area contributed by atoms with Crippen LogP contribution in [0.2, 0.25) is 0 Å². The van der Waals surface area contributed by atoms with Crippen molar-refractivity contribution >= 4 is 0 Å². The molecular formula is C29H44N2O2. The number of aryl methyl sites for hydroxylation is 2. The number of aromatic hydroxyl groups is 2. The average molecular weight is 453 g/mol. The lowest BCUT2D eigenvalue weighted by molar-refractivity contribution is 0.0727. The Morgan fingerprint density at radius 1 is 0.788 bits per heavy atom. The second-order valence-corrected chi connectivity index (χ2v) is 10.8. The highest BCUT2D eigenvalue weighted by Gasteiger charge is 2.27. The molecule has 4 nitrogen and oxygen atoms in total. The summed E-state index contributed by atoms with van der Waals surface area (Å²) in [4.78, 5) is 5.06. The monoisotopic (exact) mass is 452 g/mol. The molecule has 1 aliphatic rings. The van der Waals surface area contributed by atoms with Gasteiger partial charge in [-0.05, 0) is 91.0 Å². The van der Waals surface area contributed by atoms with Crippen LogP contribution in [0.1, 0.15) is 91.0 Å². The molecule has 1 fully saturated rings. The summed E-state index contributed by atoms with van der Waals surface area (Å²) < 4.78 is 0. The number of benzene rings is 2. The molecule has 33 heavy (non-hydrogen) atoms. The molecule has 0 radical (unpaired) electrons. The molecule has 3 rings (SSSR count). The third-order valence-corrected chi connectivity index (χ3v) is 7.69. The molecular weight excluding hydrogens is 408 g/mol. The smallest absolute Gasteiger partial charge is 0.122 e. The van der Waals surface area contributed by atoms with E-state index in [1.165, 1.54) is 22.3 Å². The van der Waals surface area contributed by atoms with Crippen molar-refractivity contribution in [3.05, 3.63) is 56.6 Å². The first-order chi connectivity index (χ1) is 15.4. The van der Waals surface area contributed by atoms with Crippen LogP contribution >= 0.6 is 0 Å². The zero-order valence-electron chi connectivity index (χ0n) is 22.2. The van der Waals surface area contributed by atoms with Gasteiger partial charge in [0.15, 0.2) is 0 Å². The molecule has 1 saturated heterocycles. The second kappa shape index (κ2) is 10.1. The van der Waals surface area contributed by atoms with Crippen LogP contribution in [0, 0.1) is 27.7 Å². The summed E-state index contributed by atoms with van der Waals surface area (Å²) in [5.74, 6) is 1.57. The van der Waals surface area contributed by atoms with Crippen LogP contribution in [0.5, 0.6) is 11.5 Å². The zero-order valence-corrected chi connectivity index (χ0v) is 22.2. The molecule has 4 heteroatoms. The van der Waals surface area contributed by atoms with E-state index in [2.05, 4.69) is 84.2 Å². The summed E-state index contributed by atoms with van der Waals surface area (Å²) in [6, 6.07) is 4.76. The predicted octanol–water partition coefficient (Wildman–Crippen LogP) is 6.28. The Bertz CT molecular complexity index is 1010. The number of phenols is 2. The van der Waals surface area contributed by atoms with Gasteiger partial charge in [0, 0.05) is 38.8 Å². The van der Waals surface area contributed by atoms with Gasteiger partial charge >= 0.3 is 0 Å². The lowest BCUT2D eigenvalue weighted by Crippen LogP contribution is -2.51. The van der Waals surface area contributed by atoms with Crippen LogP contribution < -0.4 is 0 Å². The van der Waals surface area contributed by atoms with E-state index in [0.29, 0.717) is 29.4 Å². The largest absolute Gasteiger partial charge is 0.507 e. The van der Waals surface area contributed by atoms with Crippen molar-refractivity contribution in [1.82, 2.24) is 9.80 Å². The summed E-state index contributed by atoms with van der Waals surface area (Å²) >= 11 is 0. The maximum Gasteiger partial charge on any atom is 0.122 e. The molecule has 0 spiro atoms. The molecule has 2 aromatic rings. The van der Waals surface area contributed by atoms with E-state index >= 15 is 0 Å². The van der Waals surface area contributed by atoms with Gasteiger partial charge < -0.3 is 10.2 Å². The fourth-order valence-electron chi connectivity index (χ4n) is 5.33. The maximum atomic E-state index is 10.8. The van der Waals surface area contributed by atoms with E-state index < -0.39 is 0 Å². The third-order valence-electron chi connectivity index (χ3n) is 7.69. The van der Waals surface area contributed by atoms with Gasteiger partial charge in [0.1, 0.15) is 11.5 Å². The SMILES string of the molecule is Cc1cc(C(C)C)c(O)c(C)c1CN1CCN(Cc2c(C)cc(C(C)C)c(O)c2C)C(C)C1. The molecule has 1 atom stereocenters. The molecule has 0 bridgehead atoms. The standard InChI is InChI=1S/C29H44N2O2/c1-17(2)24-12-19(5)26(22(8)28(24)32)15-30-10-11-31(21(7)14-30)16-27-20(6)13-25(18(3)4)29(33)23(27)9/h12-13,17-18,21,32-33H,10-11,14-16H2,1-9H3. The number of nitrogens with zero attached hydrogens (tertiary/aromatic N) is 2. The first-order valence-electron chi connectivity index (χ1n) is 12.5. The third kappa shape index (κ3) is 5.22. The van der Waals surface area contributed by atoms with E-state index in [9.17, 15) is 10.2 Å². The van der Waals surface area contributed by atoms with Gasteiger partial charge in [-0.1, -0.05) is 39.8 Å². The number of hydrogen-bond donors (Lipinski definition) is 2. The first-order valence-corrected chi connectivity index (χ1v) is 12.5. The van der Waals surface area contributed by atoms with Gasteiger partial charge in [0.25, 0.3) is 0 Å². The topological polar surface area (TPSA) is 46.9 Å². The van der Waals surface area contributed by atoms with Gasteiger partial charge in [-0.15, -0.1) is 0 Å². The Kier molecular flexibility index (Phi) is 7.80. The van der Waals surface area contributed by atoms with Crippen molar-refractivity contribution in [3.63, 3.8) is 0 Å². The highest BCUT2D eigenvalue weighted by molar-refractivity contribution is 5.51. The fourth-order valence-corrected chi connectivity index (χ4v) is 5.33. The van der Waals surface area contributed by atoms with Gasteiger partial charge in [0.2, 0.25) is 0 Å². The normalized spacial score (nSPS) is 18.0. The van der Waals surface area contributed by atoms with Crippen molar-refractivity contribution in [1.29, 1.82) is 0 Å². The number of rotatable bonds is 6. The minimum atomic E-state index is 0.319. The molecule has 0 aromatic heterocycles. The molecule has 0 amide bonds. The fraction of sp³-hybridized carbons (Fsp3) is 0.586. The van der Waals surface area contributed by atoms with Crippen LogP contribution in [-0.2, 0) is 13.1 Å². The molecule has 0 aliphatic carbocycles. The minimum absolute atomic E-state index is 0.319. The van der Waals surface area contributed by atoms with Gasteiger partial charge in [-0.25, -0.2) is 0 Å². The molecule has 2 aromatic carbocycles. The van der Waals surface area contributed by atoms with Gasteiger partial charge in [0.05, 0.1) is 0 Å². The lowest BCUT2D eigenvalue weighted by atomic mass is 9.91. The van der Waals surface area contributed by atoms with Crippen LogP contribution in [0.4, 0.5) is 0 Å². The number of piperazine rings is 1. The van der Waals surface area contributed by atoms with Crippen molar-refractivity contribution in [2.75, 3.05) is 19.6 Å². The minimum Gasteiger partial charge on any atom is -0.507 e. The first kappa shape index (κ1) is 25.6. The molecule has 1 aliphatic heterocycles. The summed E-state index contributed by atoms with van der Waals surface area (Å²) in [6.07, 6.45) is 0. The van der Waals surface area contributed by atoms with E-state index in [0.717, 1.165) is 55.0 Å². The quantitative estimate of drug-likeness (QED) is 0.541. The Morgan fingerprint density at radius 2 is 1.24 bits per heavy atom. The van der Waals surface area contributed by atoms with Crippen molar-refractivity contribution < 1.29 is 10.2 Å². The van der Waals surface area contributed by atoms with Crippen LogP contribution in [-0.4, -0.2) is 45.7 Å². The Balaban J connectivity index is 1.73. The molecule has 0 saturated carbocycles. The highest BCUT2D eigenvalue weighted by atomic mass is 16.3. The Hall–Kier alpha value is -2.04. The maximum absolute atomic E-state index is 10.8. The van der Waals surface area contributed by atoms with E-state index in [1.807, 2.05) is 0 Å². The lowest BCUT2D eigenvalue weighted by Gasteiger charge is -2.41. The van der Waals surface area contributed by atoms with Crippen LogP contribution in [0.15, 0.2) is 12.1 Å². The highest BCUT2D eigenvalue weighted by Crippen LogP contribution is 2.35. The molecule has 1 heterocycles. The summed E-state index contributed by atoms with van der Waals surface area (Å²) in [5.41, 5.74) is 9.22. The molecule has 1 unspecified atom stereocenters. The predicted molar refractivity (Wildman–Crippen MR) is 138 cm³/mol. The summed E-state index contributed by atoms with van der Waals surface area (Å²) in [5, 5.41) is 21.5. The zero-order chi connectivity index (χ0) is 24.6. The van der Waals surface area contributed by atoms with Crippen LogP contribution in [0.25, 0.3) is 0 Å². The van der Waals surface area contributed by atoms with E-state index in [4.69, 9.17) is 0 Å².